The summed E-state index contributed by atoms with van der Waals surface area (Å²) in [6.07, 6.45) is 0. The molecule has 0 saturated carbocycles. The molecule has 238 valence electrons. The highest BCUT2D eigenvalue weighted by Crippen LogP contribution is 2.44. The van der Waals surface area contributed by atoms with Crippen molar-refractivity contribution in [3.8, 4) is 39.9 Å². The van der Waals surface area contributed by atoms with Gasteiger partial charge in [0.25, 0.3) is 0 Å². The van der Waals surface area contributed by atoms with Crippen LogP contribution in [0.4, 0.5) is 0 Å². The van der Waals surface area contributed by atoms with Crippen LogP contribution in [0.3, 0.4) is 0 Å². The van der Waals surface area contributed by atoms with Crippen molar-refractivity contribution in [1.82, 2.24) is 19.5 Å². The second kappa shape index (κ2) is 10.9. The summed E-state index contributed by atoms with van der Waals surface area (Å²) in [5.41, 5.74) is 8.07. The largest absolute Gasteiger partial charge is 0.456 e. The van der Waals surface area contributed by atoms with E-state index in [1.807, 2.05) is 60.7 Å². The standard InChI is InChI=1S/C45H26N4OS/c1-3-11-27(12-4-1)43-46-44(28-13-5-2-6-14-28)48-45(47-43)29-19-21-34-40(25-29)51-39-24-23-37-41(42(34)39)33-22-20-30(26-38(33)50-37)49-35-17-9-7-15-31(35)32-16-8-10-18-36(32)49/h1-26H. The molecule has 0 N–H and O–H groups in total. The number of aromatic nitrogens is 4. The van der Waals surface area contributed by atoms with E-state index in [1.165, 1.54) is 42.0 Å². The summed E-state index contributed by atoms with van der Waals surface area (Å²) in [5, 5.41) is 7.16. The molecule has 0 aliphatic rings. The lowest BCUT2D eigenvalue weighted by molar-refractivity contribution is 0.669. The molecule has 6 heteroatoms. The lowest BCUT2D eigenvalue weighted by atomic mass is 10.0. The minimum atomic E-state index is 0.651. The third-order valence-electron chi connectivity index (χ3n) is 9.85. The zero-order chi connectivity index (χ0) is 33.5. The molecule has 5 nitrogen and oxygen atoms in total. The predicted octanol–water partition coefficient (Wildman–Crippen LogP) is 12.2. The molecule has 11 rings (SSSR count). The Balaban J connectivity index is 1.08. The van der Waals surface area contributed by atoms with Crippen molar-refractivity contribution in [1.29, 1.82) is 0 Å². The van der Waals surface area contributed by atoms with Gasteiger partial charge >= 0.3 is 0 Å². The van der Waals surface area contributed by atoms with Crippen molar-refractivity contribution < 1.29 is 4.42 Å². The van der Waals surface area contributed by atoms with E-state index in [1.54, 1.807) is 11.3 Å². The number of hydrogen-bond acceptors (Lipinski definition) is 5. The van der Waals surface area contributed by atoms with Gasteiger partial charge in [0.1, 0.15) is 11.2 Å². The number of nitrogens with zero attached hydrogens (tertiary/aromatic N) is 4. The molecule has 0 aliphatic heterocycles. The van der Waals surface area contributed by atoms with Crippen molar-refractivity contribution in [3.63, 3.8) is 0 Å². The molecule has 0 radical (unpaired) electrons. The molecule has 4 heterocycles. The van der Waals surface area contributed by atoms with E-state index in [-0.39, 0.29) is 0 Å². The van der Waals surface area contributed by atoms with Crippen molar-refractivity contribution in [2.75, 3.05) is 0 Å². The number of fused-ring (bicyclic) bond motifs is 10. The van der Waals surface area contributed by atoms with Gasteiger partial charge in [0.2, 0.25) is 0 Å². The highest BCUT2D eigenvalue weighted by atomic mass is 32.1. The van der Waals surface area contributed by atoms with Gasteiger partial charge in [0, 0.05) is 70.2 Å². The van der Waals surface area contributed by atoms with Crippen molar-refractivity contribution >= 4 is 75.3 Å². The predicted molar refractivity (Wildman–Crippen MR) is 211 cm³/mol. The van der Waals surface area contributed by atoms with Gasteiger partial charge in [-0.1, -0.05) is 109 Å². The van der Waals surface area contributed by atoms with E-state index >= 15 is 0 Å². The smallest absolute Gasteiger partial charge is 0.164 e. The van der Waals surface area contributed by atoms with Crippen LogP contribution >= 0.6 is 11.3 Å². The molecule has 0 spiro atoms. The molecule has 0 saturated heterocycles. The Morgan fingerprint density at radius 3 is 1.67 bits per heavy atom. The third-order valence-corrected chi connectivity index (χ3v) is 11.0. The fourth-order valence-electron chi connectivity index (χ4n) is 7.54. The maximum absolute atomic E-state index is 6.61. The maximum atomic E-state index is 6.61. The van der Waals surface area contributed by atoms with E-state index in [0.29, 0.717) is 17.5 Å². The Bertz CT molecular complexity index is 3030. The van der Waals surface area contributed by atoms with Gasteiger partial charge in [-0.2, -0.15) is 0 Å². The SMILES string of the molecule is c1ccc(-c2nc(-c3ccccc3)nc(-c3ccc4c(c3)sc3ccc5oc6cc(-n7c8ccccc8c8ccccc87)ccc6c5c34)n2)cc1. The molecule has 0 unspecified atom stereocenters. The highest BCUT2D eigenvalue weighted by Gasteiger charge is 2.19. The fraction of sp³-hybridized carbons (Fsp3) is 0. The van der Waals surface area contributed by atoms with Gasteiger partial charge in [-0.15, -0.1) is 11.3 Å². The third kappa shape index (κ3) is 4.37. The first-order valence-electron chi connectivity index (χ1n) is 16.9. The van der Waals surface area contributed by atoms with Crippen molar-refractivity contribution in [2.24, 2.45) is 0 Å². The van der Waals surface area contributed by atoms with Crippen LogP contribution in [0.1, 0.15) is 0 Å². The molecule has 0 amide bonds. The molecule has 4 aromatic heterocycles. The molecule has 0 bridgehead atoms. The Morgan fingerprint density at radius 2 is 1.00 bits per heavy atom. The van der Waals surface area contributed by atoms with Crippen LogP contribution in [0, 0.1) is 0 Å². The molecule has 11 aromatic rings. The second-order valence-corrected chi connectivity index (χ2v) is 13.9. The van der Waals surface area contributed by atoms with Crippen LogP contribution in [-0.4, -0.2) is 19.5 Å². The number of furan rings is 1. The van der Waals surface area contributed by atoms with Crippen molar-refractivity contribution in [2.45, 2.75) is 0 Å². The van der Waals surface area contributed by atoms with E-state index in [4.69, 9.17) is 19.4 Å². The average molecular weight is 671 g/mol. The quantitative estimate of drug-likeness (QED) is 0.187. The van der Waals surface area contributed by atoms with Crippen LogP contribution in [0.2, 0.25) is 0 Å². The molecule has 0 fully saturated rings. The Kier molecular flexibility index (Phi) is 6.05. The number of para-hydroxylation sites is 2. The minimum absolute atomic E-state index is 0.651. The van der Waals surface area contributed by atoms with Crippen LogP contribution < -0.4 is 0 Å². The lowest BCUT2D eigenvalue weighted by Gasteiger charge is -2.08. The van der Waals surface area contributed by atoms with Gasteiger partial charge < -0.3 is 8.98 Å². The van der Waals surface area contributed by atoms with Gasteiger partial charge in [-0.25, -0.2) is 15.0 Å². The van der Waals surface area contributed by atoms with Crippen LogP contribution in [0.25, 0.3) is 104 Å². The highest BCUT2D eigenvalue weighted by molar-refractivity contribution is 7.26. The maximum Gasteiger partial charge on any atom is 0.164 e. The van der Waals surface area contributed by atoms with Gasteiger partial charge in [-0.3, -0.25) is 0 Å². The molecule has 7 aromatic carbocycles. The minimum Gasteiger partial charge on any atom is -0.456 e. The van der Waals surface area contributed by atoms with Crippen LogP contribution in [0.5, 0.6) is 0 Å². The Morgan fingerprint density at radius 1 is 0.412 bits per heavy atom. The summed E-state index contributed by atoms with van der Waals surface area (Å²) in [6.45, 7) is 0. The van der Waals surface area contributed by atoms with Gasteiger partial charge in [0.05, 0.1) is 11.0 Å². The van der Waals surface area contributed by atoms with E-state index in [0.717, 1.165) is 44.3 Å². The number of rotatable bonds is 4. The monoisotopic (exact) mass is 670 g/mol. The summed E-state index contributed by atoms with van der Waals surface area (Å²) < 4.78 is 11.3. The first-order chi connectivity index (χ1) is 25.3. The zero-order valence-electron chi connectivity index (χ0n) is 27.1. The zero-order valence-corrected chi connectivity index (χ0v) is 27.9. The van der Waals surface area contributed by atoms with E-state index in [2.05, 4.69) is 102 Å². The summed E-state index contributed by atoms with van der Waals surface area (Å²) in [6, 6.07) is 54.9. The Labute approximate surface area is 295 Å². The molecule has 0 aliphatic carbocycles. The summed E-state index contributed by atoms with van der Waals surface area (Å²) in [4.78, 5) is 14.8. The summed E-state index contributed by atoms with van der Waals surface area (Å²) in [5.74, 6) is 1.96. The molecule has 51 heavy (non-hydrogen) atoms. The lowest BCUT2D eigenvalue weighted by Crippen LogP contribution is -1.99. The number of benzene rings is 7. The topological polar surface area (TPSA) is 56.7 Å². The first-order valence-corrected chi connectivity index (χ1v) is 17.8. The molecule has 0 atom stereocenters. The first kappa shape index (κ1) is 28.2. The van der Waals surface area contributed by atoms with E-state index in [9.17, 15) is 0 Å². The normalized spacial score (nSPS) is 11.9. The van der Waals surface area contributed by atoms with Crippen LogP contribution in [0.15, 0.2) is 162 Å². The number of thiophene rings is 1. The second-order valence-electron chi connectivity index (χ2n) is 12.8. The van der Waals surface area contributed by atoms with E-state index < -0.39 is 0 Å². The fourth-order valence-corrected chi connectivity index (χ4v) is 8.69. The summed E-state index contributed by atoms with van der Waals surface area (Å²) in [7, 11) is 0. The van der Waals surface area contributed by atoms with Crippen molar-refractivity contribution in [3.05, 3.63) is 158 Å². The summed E-state index contributed by atoms with van der Waals surface area (Å²) >= 11 is 1.79. The number of hydrogen-bond donors (Lipinski definition) is 0. The molecular formula is C45H26N4OS. The van der Waals surface area contributed by atoms with Gasteiger partial charge in [0.15, 0.2) is 17.5 Å². The average Bonchev–Trinajstić information content (AvgIpc) is 3.87. The van der Waals surface area contributed by atoms with Gasteiger partial charge in [-0.05, 0) is 42.5 Å². The Hall–Kier alpha value is -6.63. The van der Waals surface area contributed by atoms with Crippen LogP contribution in [-0.2, 0) is 0 Å². The molecular weight excluding hydrogens is 645 g/mol.